The van der Waals surface area contributed by atoms with Crippen molar-refractivity contribution in [3.8, 4) is 44.5 Å². The molecule has 8 amide bonds. The van der Waals surface area contributed by atoms with E-state index in [0.29, 0.717) is 158 Å². The fraction of sp³-hybridized carbons (Fsp3) is 0.235. The Morgan fingerprint density at radius 2 is 0.490 bits per heavy atom. The van der Waals surface area contributed by atoms with Crippen molar-refractivity contribution in [1.29, 1.82) is 0 Å². The molecule has 96 heavy (non-hydrogen) atoms. The number of hydrogen-bond donors (Lipinski definition) is 10. The highest BCUT2D eigenvalue weighted by molar-refractivity contribution is 8.77. The first-order valence-electron chi connectivity index (χ1n) is 30.4. The predicted molar refractivity (Wildman–Crippen MR) is 408 cm³/mol. The number of para-hydroxylation sites is 4. The van der Waals surface area contributed by atoms with E-state index in [1.807, 2.05) is 146 Å². The van der Waals surface area contributed by atoms with Crippen LogP contribution in [0, 0.1) is 0 Å². The Balaban J connectivity index is 1.26. The number of aromatic nitrogens is 4. The average Bonchev–Trinajstić information content (AvgIpc) is 1.60. The number of rotatable bonds is 36. The van der Waals surface area contributed by atoms with Gasteiger partial charge in [-0.15, -0.1) is 0 Å². The fourth-order valence-electron chi connectivity index (χ4n) is 10.0. The molecule has 3 aromatic heterocycles. The topological polar surface area (TPSA) is 346 Å². The van der Waals surface area contributed by atoms with Crippen LogP contribution < -0.4 is 44.2 Å². The quantitative estimate of drug-likeness (QED) is 0.0129. The number of anilines is 4. The molecule has 2 aliphatic heterocycles. The number of fused-ring (bicyclic) bond motifs is 8. The molecule has 0 radical (unpaired) electrons. The normalized spacial score (nSPS) is 11.5. The molecule has 0 aliphatic carbocycles. The number of nitrogens with two attached hydrogens (primary N) is 4. The van der Waals surface area contributed by atoms with Gasteiger partial charge in [-0.3, -0.25) is 38.4 Å². The number of carbonyl (C=O) groups is 8. The van der Waals surface area contributed by atoms with Gasteiger partial charge in [0.2, 0.25) is 47.3 Å². The minimum atomic E-state index is -0.387. The van der Waals surface area contributed by atoms with Crippen LogP contribution in [0.15, 0.2) is 121 Å². The van der Waals surface area contributed by atoms with Crippen LogP contribution in [0.3, 0.4) is 0 Å². The van der Waals surface area contributed by atoms with E-state index in [2.05, 4.69) is 31.2 Å². The Kier molecular flexibility index (Phi) is 27.8. The molecule has 9 rings (SSSR count). The Morgan fingerprint density at radius 1 is 0.292 bits per heavy atom. The molecular formula is C68H70N12O8S8. The molecule has 0 spiro atoms. The second kappa shape index (κ2) is 37.0. The van der Waals surface area contributed by atoms with E-state index in [4.69, 9.17) is 32.9 Å². The number of primary amides is 4. The smallest absolute Gasteiger partial charge is 0.225 e. The SMILES string of the molecule is NC(=O)CCSSCCC(=O)Nc1ccccc1-c1c2nc(c(-c3ccccc3NC(=O)CCSSCCC(N)=O)c3ccc([nH]3)c(-c3ccccc3NC(=O)CCSSCCC(N)=O)c3nc(c(-c4ccccc4NC(=O)CCSSCCC(N)=O)c4ccc1[nH]4)C=C3)C=C2. The van der Waals surface area contributed by atoms with Crippen molar-refractivity contribution in [2.45, 2.75) is 51.4 Å². The van der Waals surface area contributed by atoms with Crippen LogP contribution in [0.1, 0.15) is 74.1 Å². The molecule has 5 heterocycles. The van der Waals surface area contributed by atoms with Crippen molar-refractivity contribution in [3.05, 3.63) is 144 Å². The summed E-state index contributed by atoms with van der Waals surface area (Å²) < 4.78 is 0. The number of hydrogen-bond acceptors (Lipinski definition) is 18. The fourth-order valence-corrected chi connectivity index (χ4v) is 18.0. The predicted octanol–water partition coefficient (Wildman–Crippen LogP) is 13.7. The highest BCUT2D eigenvalue weighted by Gasteiger charge is 2.24. The summed E-state index contributed by atoms with van der Waals surface area (Å²) in [7, 11) is 11.9. The third kappa shape index (κ3) is 21.0. The minimum absolute atomic E-state index is 0.182. The van der Waals surface area contributed by atoms with Crippen molar-refractivity contribution >= 4 is 203 Å². The number of aromatic amines is 2. The van der Waals surface area contributed by atoms with Crippen molar-refractivity contribution < 1.29 is 38.4 Å². The molecule has 0 unspecified atom stereocenters. The van der Waals surface area contributed by atoms with Crippen molar-refractivity contribution in [2.24, 2.45) is 22.9 Å². The monoisotopic (exact) mass is 1440 g/mol. The summed E-state index contributed by atoms with van der Waals surface area (Å²) in [5.41, 5.74) is 33.2. The van der Waals surface area contributed by atoms with Crippen LogP contribution in [0.25, 0.3) is 90.9 Å². The first-order chi connectivity index (χ1) is 46.6. The van der Waals surface area contributed by atoms with Gasteiger partial charge in [0, 0.05) is 187 Å². The lowest BCUT2D eigenvalue weighted by Gasteiger charge is -2.14. The number of nitrogens with zero attached hydrogens (tertiary/aromatic N) is 2. The number of amides is 8. The van der Waals surface area contributed by atoms with E-state index >= 15 is 0 Å². The molecule has 28 heteroatoms. The lowest BCUT2D eigenvalue weighted by atomic mass is 10.0. The molecule has 7 aromatic rings. The van der Waals surface area contributed by atoms with Crippen molar-refractivity contribution in [2.75, 3.05) is 67.3 Å². The van der Waals surface area contributed by atoms with Crippen LogP contribution in [0.5, 0.6) is 0 Å². The van der Waals surface area contributed by atoms with Crippen molar-refractivity contribution in [1.82, 2.24) is 19.9 Å². The van der Waals surface area contributed by atoms with Gasteiger partial charge >= 0.3 is 0 Å². The van der Waals surface area contributed by atoms with Gasteiger partial charge in [-0.05, 0) is 72.8 Å². The number of benzene rings is 4. The Morgan fingerprint density at radius 3 is 0.698 bits per heavy atom. The van der Waals surface area contributed by atoms with E-state index in [9.17, 15) is 38.4 Å². The van der Waals surface area contributed by atoms with Crippen LogP contribution in [-0.4, -0.2) is 113 Å². The van der Waals surface area contributed by atoms with Crippen LogP contribution in [0.2, 0.25) is 0 Å². The lowest BCUT2D eigenvalue weighted by Crippen LogP contribution is -2.13. The zero-order valence-electron chi connectivity index (χ0n) is 51.9. The molecule has 498 valence electrons. The number of nitrogens with one attached hydrogen (secondary N) is 6. The first kappa shape index (κ1) is 72.3. The summed E-state index contributed by atoms with van der Waals surface area (Å²) in [5.74, 6) is 1.61. The second-order valence-corrected chi connectivity index (χ2v) is 32.1. The highest BCUT2D eigenvalue weighted by Crippen LogP contribution is 2.44. The number of H-pyrrole nitrogens is 2. The van der Waals surface area contributed by atoms with E-state index in [0.717, 1.165) is 0 Å². The maximum absolute atomic E-state index is 13.9. The molecule has 4 aromatic carbocycles. The van der Waals surface area contributed by atoms with Crippen LogP contribution in [-0.2, 0) is 38.4 Å². The second-order valence-electron chi connectivity index (χ2n) is 21.3. The molecule has 0 atom stereocenters. The molecule has 0 saturated heterocycles. The van der Waals surface area contributed by atoms with Crippen LogP contribution in [0.4, 0.5) is 22.7 Å². The maximum Gasteiger partial charge on any atom is 0.225 e. The summed E-state index contributed by atoms with van der Waals surface area (Å²) in [6, 6.07) is 37.8. The molecule has 2 aliphatic rings. The Labute approximate surface area is 586 Å². The largest absolute Gasteiger partial charge is 0.370 e. The van der Waals surface area contributed by atoms with Crippen LogP contribution >= 0.6 is 86.4 Å². The van der Waals surface area contributed by atoms with E-state index in [1.54, 1.807) is 0 Å². The summed E-state index contributed by atoms with van der Waals surface area (Å²) in [6.07, 6.45) is 9.35. The van der Waals surface area contributed by atoms with Gasteiger partial charge in [0.15, 0.2) is 0 Å². The molecule has 0 fully saturated rings. The standard InChI is InChI=1S/C68H70N12O8S8/c69-57(81)25-33-89-93-37-29-61(85)77-45-13-5-1-9-41(45)65-49-17-19-51(73-49)66(42-10-2-6-14-46(42)78-62(86)30-38-94-90-34-26-58(70)82)53-21-23-55(75-53)68(44-12-4-8-16-48(44)80-64(88)32-40-96-92-36-28-60(72)84)56-24-22-54(76-56)67(52-20-18-50(65)74-52)43-11-3-7-15-47(43)79-63(87)31-39-95-91-35-27-59(71)83/h1-24,73,76H,25-40H2,(H2,69,81)(H2,70,82)(H2,71,83)(H2,72,84)(H,77,85)(H,78,86)(H,79,87)(H,80,88). The minimum Gasteiger partial charge on any atom is -0.370 e. The molecule has 14 N–H and O–H groups in total. The van der Waals surface area contributed by atoms with Gasteiger partial charge in [0.25, 0.3) is 0 Å². The van der Waals surface area contributed by atoms with Crippen molar-refractivity contribution in [3.63, 3.8) is 0 Å². The Hall–Kier alpha value is -7.96. The third-order valence-electron chi connectivity index (χ3n) is 14.3. The zero-order valence-corrected chi connectivity index (χ0v) is 58.4. The molecule has 20 nitrogen and oxygen atoms in total. The van der Waals surface area contributed by atoms with E-state index in [1.165, 1.54) is 86.4 Å². The summed E-state index contributed by atoms with van der Waals surface area (Å²) in [5, 5.41) is 12.7. The van der Waals surface area contributed by atoms with Gasteiger partial charge in [0.1, 0.15) is 0 Å². The summed E-state index contributed by atoms with van der Waals surface area (Å²) >= 11 is 0. The Bertz CT molecular complexity index is 3750. The first-order valence-corrected chi connectivity index (χ1v) is 40.4. The zero-order chi connectivity index (χ0) is 67.8. The summed E-state index contributed by atoms with van der Waals surface area (Å²) in [4.78, 5) is 120. The number of carbonyl (C=O) groups excluding carboxylic acids is 8. The van der Waals surface area contributed by atoms with Gasteiger partial charge in [-0.1, -0.05) is 159 Å². The third-order valence-corrected chi connectivity index (χ3v) is 24.0. The molecule has 0 saturated carbocycles. The molecular weight excluding hydrogens is 1370 g/mol. The lowest BCUT2D eigenvalue weighted by molar-refractivity contribution is -0.118. The van der Waals surface area contributed by atoms with Gasteiger partial charge < -0.3 is 54.2 Å². The molecule has 8 bridgehead atoms. The van der Waals surface area contributed by atoms with E-state index in [-0.39, 0.29) is 98.6 Å². The van der Waals surface area contributed by atoms with Gasteiger partial charge in [0.05, 0.1) is 22.8 Å². The summed E-state index contributed by atoms with van der Waals surface area (Å²) in [6.45, 7) is 0. The highest BCUT2D eigenvalue weighted by atomic mass is 33.1. The average molecular weight is 1440 g/mol. The van der Waals surface area contributed by atoms with E-state index < -0.39 is 0 Å². The van der Waals surface area contributed by atoms with Gasteiger partial charge in [-0.2, -0.15) is 0 Å². The van der Waals surface area contributed by atoms with Gasteiger partial charge in [-0.25, -0.2) is 9.97 Å². The maximum atomic E-state index is 13.9.